The molecule has 1 unspecified atom stereocenters. The van der Waals surface area contributed by atoms with Gasteiger partial charge in [0.2, 0.25) is 0 Å². The van der Waals surface area contributed by atoms with E-state index in [1.807, 2.05) is 20.8 Å². The molecular weight excluding hydrogens is 114 g/mol. The van der Waals surface area contributed by atoms with E-state index in [0.717, 1.165) is 12.7 Å². The Morgan fingerprint density at radius 2 is 2.11 bits per heavy atom. The summed E-state index contributed by atoms with van der Waals surface area (Å²) in [5.74, 6) is 0.0880. The maximum absolute atomic E-state index is 10.1. The number of rotatable bonds is 3. The van der Waals surface area contributed by atoms with Crippen LogP contribution < -0.4 is 5.73 Å². The molecule has 0 spiro atoms. The minimum absolute atomic E-state index is 0.0880. The van der Waals surface area contributed by atoms with Gasteiger partial charge in [0, 0.05) is 11.5 Å². The van der Waals surface area contributed by atoms with Crippen LogP contribution in [0, 0.1) is 5.92 Å². The number of carbonyl (C=O) groups excluding carboxylic acids is 1. The summed E-state index contributed by atoms with van der Waals surface area (Å²) in [7, 11) is 0. The topological polar surface area (TPSA) is 43.1 Å². The van der Waals surface area contributed by atoms with Gasteiger partial charge in [-0.2, -0.15) is 0 Å². The molecule has 0 aliphatic heterocycles. The standard InChI is InChI=1S/C7H15NO/c1-6(5-9)4-7(2,3)8/h5-6H,4,8H2,1-3H3. The zero-order valence-electron chi connectivity index (χ0n) is 6.35. The molecular formula is C7H15NO. The van der Waals surface area contributed by atoms with Crippen molar-refractivity contribution in [2.45, 2.75) is 32.7 Å². The van der Waals surface area contributed by atoms with E-state index in [2.05, 4.69) is 0 Å². The predicted molar refractivity (Wildman–Crippen MR) is 38.1 cm³/mol. The van der Waals surface area contributed by atoms with Crippen molar-refractivity contribution in [2.75, 3.05) is 0 Å². The van der Waals surface area contributed by atoms with Crippen molar-refractivity contribution < 1.29 is 4.79 Å². The van der Waals surface area contributed by atoms with E-state index < -0.39 is 0 Å². The van der Waals surface area contributed by atoms with Gasteiger partial charge < -0.3 is 10.5 Å². The lowest BCUT2D eigenvalue weighted by molar-refractivity contribution is -0.111. The molecule has 0 saturated carbocycles. The summed E-state index contributed by atoms with van der Waals surface area (Å²) < 4.78 is 0. The molecule has 0 aromatic heterocycles. The van der Waals surface area contributed by atoms with Crippen LogP contribution in [-0.2, 0) is 4.79 Å². The van der Waals surface area contributed by atoms with E-state index in [-0.39, 0.29) is 11.5 Å². The second-order valence-corrected chi connectivity index (χ2v) is 3.31. The molecule has 0 heterocycles. The molecule has 2 heteroatoms. The quantitative estimate of drug-likeness (QED) is 0.576. The fourth-order valence-corrected chi connectivity index (χ4v) is 0.878. The molecule has 9 heavy (non-hydrogen) atoms. The summed E-state index contributed by atoms with van der Waals surface area (Å²) in [4.78, 5) is 10.1. The molecule has 0 saturated heterocycles. The van der Waals surface area contributed by atoms with Gasteiger partial charge in [-0.25, -0.2) is 0 Å². The Morgan fingerprint density at radius 1 is 1.67 bits per heavy atom. The molecule has 0 aliphatic carbocycles. The van der Waals surface area contributed by atoms with Gasteiger partial charge in [0.05, 0.1) is 0 Å². The highest BCUT2D eigenvalue weighted by molar-refractivity contribution is 5.52. The molecule has 2 N–H and O–H groups in total. The number of hydrogen-bond acceptors (Lipinski definition) is 2. The third-order valence-corrected chi connectivity index (χ3v) is 1.08. The molecule has 54 valence electrons. The van der Waals surface area contributed by atoms with Crippen LogP contribution in [0.25, 0.3) is 0 Å². The van der Waals surface area contributed by atoms with Crippen LogP contribution in [0.1, 0.15) is 27.2 Å². The highest BCUT2D eigenvalue weighted by atomic mass is 16.1. The van der Waals surface area contributed by atoms with Crippen LogP contribution in [-0.4, -0.2) is 11.8 Å². The number of aldehydes is 1. The van der Waals surface area contributed by atoms with Gasteiger partial charge in [-0.15, -0.1) is 0 Å². The van der Waals surface area contributed by atoms with E-state index in [1.165, 1.54) is 0 Å². The van der Waals surface area contributed by atoms with Crippen molar-refractivity contribution in [3.05, 3.63) is 0 Å². The van der Waals surface area contributed by atoms with Crippen LogP contribution in [0.3, 0.4) is 0 Å². The molecule has 2 nitrogen and oxygen atoms in total. The zero-order chi connectivity index (χ0) is 7.49. The molecule has 0 amide bonds. The first kappa shape index (κ1) is 8.63. The van der Waals surface area contributed by atoms with Gasteiger partial charge in [0.15, 0.2) is 0 Å². The van der Waals surface area contributed by atoms with Gasteiger partial charge in [-0.1, -0.05) is 6.92 Å². The Bertz CT molecular complexity index is 93.6. The average molecular weight is 129 g/mol. The molecule has 0 aliphatic rings. The van der Waals surface area contributed by atoms with Crippen molar-refractivity contribution >= 4 is 6.29 Å². The van der Waals surface area contributed by atoms with Gasteiger partial charge in [0.1, 0.15) is 6.29 Å². The fraction of sp³-hybridized carbons (Fsp3) is 0.857. The lowest BCUT2D eigenvalue weighted by Crippen LogP contribution is -2.34. The van der Waals surface area contributed by atoms with Crippen LogP contribution in [0.4, 0.5) is 0 Å². The Labute approximate surface area is 56.4 Å². The van der Waals surface area contributed by atoms with Gasteiger partial charge in [-0.3, -0.25) is 0 Å². The number of nitrogens with two attached hydrogens (primary N) is 1. The summed E-state index contributed by atoms with van der Waals surface area (Å²) in [6, 6.07) is 0. The van der Waals surface area contributed by atoms with E-state index in [0.29, 0.717) is 0 Å². The minimum Gasteiger partial charge on any atom is -0.326 e. The lowest BCUT2D eigenvalue weighted by atomic mass is 9.94. The normalized spacial score (nSPS) is 15.1. The molecule has 1 atom stereocenters. The smallest absolute Gasteiger partial charge is 0.122 e. The van der Waals surface area contributed by atoms with Crippen molar-refractivity contribution in [1.82, 2.24) is 0 Å². The average Bonchev–Trinajstić information content (AvgIpc) is 1.62. The van der Waals surface area contributed by atoms with Crippen molar-refractivity contribution in [3.63, 3.8) is 0 Å². The first-order valence-corrected chi connectivity index (χ1v) is 3.20. The van der Waals surface area contributed by atoms with Gasteiger partial charge in [0.25, 0.3) is 0 Å². The number of hydrogen-bond donors (Lipinski definition) is 1. The summed E-state index contributed by atoms with van der Waals surface area (Å²) in [5, 5.41) is 0. The third-order valence-electron chi connectivity index (χ3n) is 1.08. The monoisotopic (exact) mass is 129 g/mol. The minimum atomic E-state index is -0.208. The Hall–Kier alpha value is -0.370. The largest absolute Gasteiger partial charge is 0.326 e. The highest BCUT2D eigenvalue weighted by Crippen LogP contribution is 2.10. The molecule has 0 fully saturated rings. The second-order valence-electron chi connectivity index (χ2n) is 3.31. The summed E-state index contributed by atoms with van der Waals surface area (Å²) in [5.41, 5.74) is 5.45. The zero-order valence-corrected chi connectivity index (χ0v) is 6.35. The van der Waals surface area contributed by atoms with Crippen molar-refractivity contribution in [3.8, 4) is 0 Å². The predicted octanol–water partition coefficient (Wildman–Crippen LogP) is 0.949. The van der Waals surface area contributed by atoms with Crippen LogP contribution >= 0.6 is 0 Å². The van der Waals surface area contributed by atoms with Crippen LogP contribution in [0.2, 0.25) is 0 Å². The Kier molecular flexibility index (Phi) is 2.85. The summed E-state index contributed by atoms with van der Waals surface area (Å²) in [6.07, 6.45) is 1.70. The van der Waals surface area contributed by atoms with Gasteiger partial charge >= 0.3 is 0 Å². The number of carbonyl (C=O) groups is 1. The molecule has 0 aromatic rings. The van der Waals surface area contributed by atoms with E-state index in [4.69, 9.17) is 5.73 Å². The van der Waals surface area contributed by atoms with E-state index in [1.54, 1.807) is 0 Å². The van der Waals surface area contributed by atoms with Gasteiger partial charge in [-0.05, 0) is 20.3 Å². The first-order chi connectivity index (χ1) is 3.95. The van der Waals surface area contributed by atoms with Crippen LogP contribution in [0.5, 0.6) is 0 Å². The summed E-state index contributed by atoms with van der Waals surface area (Å²) >= 11 is 0. The molecule has 0 bridgehead atoms. The first-order valence-electron chi connectivity index (χ1n) is 3.20. The van der Waals surface area contributed by atoms with E-state index >= 15 is 0 Å². The Morgan fingerprint density at radius 3 is 2.22 bits per heavy atom. The van der Waals surface area contributed by atoms with E-state index in [9.17, 15) is 4.79 Å². The lowest BCUT2D eigenvalue weighted by Gasteiger charge is -2.19. The molecule has 0 rings (SSSR count). The van der Waals surface area contributed by atoms with Crippen molar-refractivity contribution in [1.29, 1.82) is 0 Å². The maximum atomic E-state index is 10.1. The molecule has 0 radical (unpaired) electrons. The highest BCUT2D eigenvalue weighted by Gasteiger charge is 2.14. The Balaban J connectivity index is 3.59. The maximum Gasteiger partial charge on any atom is 0.122 e. The van der Waals surface area contributed by atoms with Crippen LogP contribution in [0.15, 0.2) is 0 Å². The van der Waals surface area contributed by atoms with Crippen molar-refractivity contribution in [2.24, 2.45) is 11.7 Å². The summed E-state index contributed by atoms with van der Waals surface area (Å²) in [6.45, 7) is 5.72. The fourth-order valence-electron chi connectivity index (χ4n) is 0.878. The third kappa shape index (κ3) is 5.50. The second kappa shape index (κ2) is 2.97. The molecule has 0 aromatic carbocycles. The SMILES string of the molecule is CC(C=O)CC(C)(C)N.